The van der Waals surface area contributed by atoms with E-state index < -0.39 is 54.6 Å². The van der Waals surface area contributed by atoms with E-state index in [9.17, 15) is 30.3 Å². The van der Waals surface area contributed by atoms with Crippen molar-refractivity contribution in [2.45, 2.75) is 37.1 Å². The smallest absolute Gasteiger partial charge is 0.339 e. The molecule has 0 aromatic heterocycles. The molecular weight excluding hydrogens is 548 g/mol. The van der Waals surface area contributed by atoms with Crippen LogP contribution >= 0.6 is 11.6 Å². The number of benzene rings is 2. The van der Waals surface area contributed by atoms with Gasteiger partial charge in [0.15, 0.2) is 17.6 Å². The Kier molecular flexibility index (Phi) is 8.57. The summed E-state index contributed by atoms with van der Waals surface area (Å²) in [6.45, 7) is 3.38. The number of hydrogen-bond acceptors (Lipinski definition) is 12. The molecule has 2 fully saturated rings. The second kappa shape index (κ2) is 12.0. The molecule has 13 heteroatoms. The summed E-state index contributed by atoms with van der Waals surface area (Å²) in [4.78, 5) is 17.5. The number of halogens is 1. The second-order valence-electron chi connectivity index (χ2n) is 10.0. The van der Waals surface area contributed by atoms with Crippen molar-refractivity contribution in [3.8, 4) is 23.0 Å². The van der Waals surface area contributed by atoms with E-state index in [1.165, 1.54) is 7.11 Å². The van der Waals surface area contributed by atoms with Crippen molar-refractivity contribution in [3.63, 3.8) is 0 Å². The first-order chi connectivity index (χ1) is 19.2. The number of nitrogens with zero attached hydrogens (tertiary/aromatic N) is 2. The Balaban J connectivity index is 1.33. The number of aliphatic hydroxyl groups is 3. The van der Waals surface area contributed by atoms with Gasteiger partial charge in [-0.1, -0.05) is 23.7 Å². The number of hydrogen-bond donors (Lipinski definition) is 5. The maximum Gasteiger partial charge on any atom is 0.339 e. The van der Waals surface area contributed by atoms with Crippen molar-refractivity contribution in [1.29, 1.82) is 0 Å². The van der Waals surface area contributed by atoms with Gasteiger partial charge >= 0.3 is 5.97 Å². The third-order valence-corrected chi connectivity index (χ3v) is 8.01. The molecule has 0 unspecified atom stereocenters. The van der Waals surface area contributed by atoms with Gasteiger partial charge in [-0.25, -0.2) is 4.79 Å². The van der Waals surface area contributed by atoms with Gasteiger partial charge in [0.2, 0.25) is 5.75 Å². The number of methoxy groups -OCH3 is 1. The molecule has 5 atom stereocenters. The summed E-state index contributed by atoms with van der Waals surface area (Å²) in [5.41, 5.74) is 0.0759. The number of aromatic hydroxyl groups is 2. The lowest BCUT2D eigenvalue weighted by Gasteiger charge is -2.45. The van der Waals surface area contributed by atoms with Gasteiger partial charge in [0, 0.05) is 50.4 Å². The summed E-state index contributed by atoms with van der Waals surface area (Å²) in [6, 6.07) is 7.29. The molecule has 0 radical (unpaired) electrons. The third kappa shape index (κ3) is 5.28. The number of phenols is 2. The Morgan fingerprint density at radius 2 is 1.75 bits per heavy atom. The van der Waals surface area contributed by atoms with Gasteiger partial charge in [-0.05, 0) is 12.1 Å². The van der Waals surface area contributed by atoms with Crippen LogP contribution in [0, 0.1) is 0 Å². The molecule has 3 aliphatic heterocycles. The van der Waals surface area contributed by atoms with Crippen LogP contribution in [-0.2, 0) is 16.0 Å². The van der Waals surface area contributed by atoms with Crippen LogP contribution in [-0.4, -0.2) is 119 Å². The summed E-state index contributed by atoms with van der Waals surface area (Å²) in [6.07, 6.45) is -6.79. The first-order valence-electron chi connectivity index (χ1n) is 13.0. The molecule has 0 amide bonds. The van der Waals surface area contributed by atoms with Gasteiger partial charge in [0.1, 0.15) is 36.8 Å². The topological polar surface area (TPSA) is 162 Å². The van der Waals surface area contributed by atoms with E-state index in [-0.39, 0.29) is 29.0 Å². The zero-order valence-electron chi connectivity index (χ0n) is 21.9. The van der Waals surface area contributed by atoms with Crippen LogP contribution in [0.25, 0.3) is 0 Å². The minimum Gasteiger partial charge on any atom is -0.504 e. The zero-order valence-corrected chi connectivity index (χ0v) is 22.7. The molecule has 2 aromatic carbocycles. The van der Waals surface area contributed by atoms with Crippen LogP contribution < -0.4 is 9.47 Å². The molecule has 3 aliphatic rings. The molecule has 0 aliphatic carbocycles. The van der Waals surface area contributed by atoms with E-state index in [1.54, 1.807) is 6.07 Å². The van der Waals surface area contributed by atoms with Gasteiger partial charge in [-0.3, -0.25) is 9.80 Å². The number of esters is 1. The van der Waals surface area contributed by atoms with E-state index >= 15 is 0 Å². The van der Waals surface area contributed by atoms with Gasteiger partial charge in [-0.15, -0.1) is 0 Å². The Bertz CT molecular complexity index is 1240. The maximum absolute atomic E-state index is 13.2. The highest BCUT2D eigenvalue weighted by atomic mass is 35.5. The lowest BCUT2D eigenvalue weighted by atomic mass is 9.84. The average molecular weight is 581 g/mol. The first-order valence-corrected chi connectivity index (χ1v) is 13.4. The third-order valence-electron chi connectivity index (χ3n) is 7.69. The van der Waals surface area contributed by atoms with Crippen LogP contribution in [0.2, 0.25) is 5.02 Å². The van der Waals surface area contributed by atoms with Crippen molar-refractivity contribution in [3.05, 3.63) is 46.0 Å². The van der Waals surface area contributed by atoms with Crippen LogP contribution in [0.15, 0.2) is 24.3 Å². The standard InChI is InChI=1S/C27H33ClN2O10/c1-37-25-20(32)14(12-30-8-6-29(7-9-30)10-11-38-16-5-3-2-4-15(16)28)18-19(22(25)34)24-26(40-27(18)36)23(35)21(33)17(13-31)39-24/h2-5,17,21,23-24,26,31-35H,6-13H2,1H3/t17-,21-,23+,24+,26-/m1/s1. The fraction of sp³-hybridized carbons (Fsp3) is 0.519. The van der Waals surface area contributed by atoms with Crippen LogP contribution in [0.4, 0.5) is 0 Å². The zero-order chi connectivity index (χ0) is 28.6. The van der Waals surface area contributed by atoms with Crippen LogP contribution in [0.3, 0.4) is 0 Å². The fourth-order valence-corrected chi connectivity index (χ4v) is 5.70. The number of phenolic OH excluding ortho intramolecular Hbond substituents is 2. The molecule has 5 N–H and O–H groups in total. The number of carbonyl (C=O) groups excluding carboxylic acids is 1. The number of rotatable bonds is 8. The number of aliphatic hydroxyl groups excluding tert-OH is 3. The Labute approximate surface area is 235 Å². The molecule has 0 bridgehead atoms. The van der Waals surface area contributed by atoms with Crippen LogP contribution in [0.1, 0.15) is 27.6 Å². The van der Waals surface area contributed by atoms with Crippen molar-refractivity contribution >= 4 is 17.6 Å². The van der Waals surface area contributed by atoms with E-state index in [4.69, 9.17) is 30.5 Å². The quantitative estimate of drug-likeness (QED) is 0.278. The van der Waals surface area contributed by atoms with Crippen molar-refractivity contribution in [1.82, 2.24) is 9.80 Å². The Hall–Kier alpha value is -2.84. The van der Waals surface area contributed by atoms with Crippen molar-refractivity contribution in [2.75, 3.05) is 53.0 Å². The SMILES string of the molecule is COc1c(O)c(CN2CCN(CCOc3ccccc3Cl)CC2)c2c(c1O)[C@@H]1O[C@H](CO)[C@@H](O)[C@H](O)[C@H]1OC2=O. The van der Waals surface area contributed by atoms with E-state index in [0.29, 0.717) is 50.1 Å². The van der Waals surface area contributed by atoms with Gasteiger partial charge in [0.05, 0.1) is 24.3 Å². The molecule has 2 aromatic rings. The lowest BCUT2D eigenvalue weighted by Crippen LogP contribution is -2.58. The molecule has 0 spiro atoms. The maximum atomic E-state index is 13.2. The molecule has 218 valence electrons. The van der Waals surface area contributed by atoms with Gasteiger partial charge < -0.3 is 44.5 Å². The molecule has 2 saturated heterocycles. The minimum atomic E-state index is -1.56. The molecule has 0 saturated carbocycles. The first kappa shape index (κ1) is 28.7. The highest BCUT2D eigenvalue weighted by molar-refractivity contribution is 6.32. The number of carbonyl (C=O) groups is 1. The number of ether oxygens (including phenoxy) is 4. The predicted molar refractivity (Wildman–Crippen MR) is 141 cm³/mol. The number of piperazine rings is 1. The molecular formula is C27H33ClN2O10. The highest BCUT2D eigenvalue weighted by Crippen LogP contribution is 2.52. The lowest BCUT2D eigenvalue weighted by molar-refractivity contribution is -0.235. The normalized spacial score (nSPS) is 27.0. The summed E-state index contributed by atoms with van der Waals surface area (Å²) < 4.78 is 22.3. The average Bonchev–Trinajstić information content (AvgIpc) is 2.95. The fourth-order valence-electron chi connectivity index (χ4n) is 5.51. The Morgan fingerprint density at radius 3 is 2.42 bits per heavy atom. The van der Waals surface area contributed by atoms with Crippen LogP contribution in [0.5, 0.6) is 23.0 Å². The monoisotopic (exact) mass is 580 g/mol. The predicted octanol–water partition coefficient (Wildman–Crippen LogP) is 0.649. The molecule has 3 heterocycles. The van der Waals surface area contributed by atoms with Gasteiger partial charge in [-0.2, -0.15) is 0 Å². The van der Waals surface area contributed by atoms with Crippen molar-refractivity contribution < 1.29 is 49.3 Å². The largest absolute Gasteiger partial charge is 0.504 e. The summed E-state index contributed by atoms with van der Waals surface area (Å²) in [5, 5.41) is 53.1. The van der Waals surface area contributed by atoms with E-state index in [2.05, 4.69) is 4.90 Å². The molecule has 5 rings (SSSR count). The van der Waals surface area contributed by atoms with Gasteiger partial charge in [0.25, 0.3) is 0 Å². The number of fused-ring (bicyclic) bond motifs is 3. The van der Waals surface area contributed by atoms with Crippen molar-refractivity contribution in [2.24, 2.45) is 0 Å². The van der Waals surface area contributed by atoms with E-state index in [0.717, 1.165) is 0 Å². The van der Waals surface area contributed by atoms with E-state index in [1.807, 2.05) is 23.1 Å². The Morgan fingerprint density at radius 1 is 1.05 bits per heavy atom. The molecule has 12 nitrogen and oxygen atoms in total. The number of para-hydroxylation sites is 1. The minimum absolute atomic E-state index is 0.0225. The summed E-state index contributed by atoms with van der Waals surface area (Å²) in [7, 11) is 1.27. The second-order valence-corrected chi connectivity index (χ2v) is 10.4. The molecule has 40 heavy (non-hydrogen) atoms. The summed E-state index contributed by atoms with van der Waals surface area (Å²) >= 11 is 6.15. The summed E-state index contributed by atoms with van der Waals surface area (Å²) in [5.74, 6) is -1.43. The highest BCUT2D eigenvalue weighted by Gasteiger charge is 2.53.